The predicted molar refractivity (Wildman–Crippen MR) is 113 cm³/mol. The highest BCUT2D eigenvalue weighted by atomic mass is 16.6. The van der Waals surface area contributed by atoms with Crippen molar-refractivity contribution in [1.82, 2.24) is 9.80 Å². The largest absolute Gasteiger partial charge is 0.482 e. The quantitative estimate of drug-likeness (QED) is 0.678. The second-order valence-corrected chi connectivity index (χ2v) is 8.70. The van der Waals surface area contributed by atoms with Crippen molar-refractivity contribution >= 4 is 29.4 Å². The molecule has 2 aliphatic heterocycles. The first-order chi connectivity index (χ1) is 14.5. The van der Waals surface area contributed by atoms with Crippen molar-refractivity contribution in [3.63, 3.8) is 0 Å². The van der Waals surface area contributed by atoms with Crippen LogP contribution < -0.4 is 9.64 Å². The number of piperazine rings is 1. The highest BCUT2D eigenvalue weighted by Crippen LogP contribution is 2.32. The minimum atomic E-state index is -0.560. The molecule has 168 valence electrons. The van der Waals surface area contributed by atoms with Crippen LogP contribution in [0.15, 0.2) is 18.2 Å². The van der Waals surface area contributed by atoms with Gasteiger partial charge in [-0.25, -0.2) is 4.79 Å². The zero-order chi connectivity index (χ0) is 22.8. The van der Waals surface area contributed by atoms with Gasteiger partial charge in [-0.15, -0.1) is 0 Å². The summed E-state index contributed by atoms with van der Waals surface area (Å²) in [5, 5.41) is 0. The molecule has 9 nitrogen and oxygen atoms in total. The molecule has 0 unspecified atom stereocenters. The number of benzene rings is 1. The van der Waals surface area contributed by atoms with E-state index in [0.717, 1.165) is 0 Å². The van der Waals surface area contributed by atoms with Crippen LogP contribution in [0.4, 0.5) is 10.5 Å². The minimum Gasteiger partial charge on any atom is -0.482 e. The molecule has 0 atom stereocenters. The molecule has 31 heavy (non-hydrogen) atoms. The van der Waals surface area contributed by atoms with Crippen molar-refractivity contribution in [3.05, 3.63) is 23.8 Å². The Morgan fingerprint density at radius 2 is 1.68 bits per heavy atom. The normalized spacial score (nSPS) is 16.5. The van der Waals surface area contributed by atoms with Gasteiger partial charge >= 0.3 is 6.09 Å². The number of anilines is 1. The number of ketones is 1. The van der Waals surface area contributed by atoms with Crippen LogP contribution in [0.25, 0.3) is 0 Å². The average Bonchev–Trinajstić information content (AvgIpc) is 2.73. The SMILES string of the molecule is CN1C(=O)COc2ccc(C(=O)CCC(=O)N3CCN(C(=O)OC(C)(C)C)CC3)cc21. The molecule has 0 N–H and O–H groups in total. The number of Topliss-reactive ketones (excluding diaryl/α,β-unsaturated/α-hetero) is 1. The Labute approximate surface area is 181 Å². The van der Waals surface area contributed by atoms with Crippen LogP contribution in [0.5, 0.6) is 5.75 Å². The Hall–Kier alpha value is -3.10. The van der Waals surface area contributed by atoms with E-state index >= 15 is 0 Å². The lowest BCUT2D eigenvalue weighted by atomic mass is 10.0. The zero-order valence-corrected chi connectivity index (χ0v) is 18.5. The fourth-order valence-electron chi connectivity index (χ4n) is 3.43. The number of hydrogen-bond donors (Lipinski definition) is 0. The first kappa shape index (κ1) is 22.6. The molecule has 9 heteroatoms. The molecule has 0 saturated carbocycles. The molecule has 1 aromatic rings. The smallest absolute Gasteiger partial charge is 0.410 e. The Morgan fingerprint density at radius 1 is 1.03 bits per heavy atom. The van der Waals surface area contributed by atoms with Crippen LogP contribution in [-0.2, 0) is 14.3 Å². The third kappa shape index (κ3) is 5.53. The van der Waals surface area contributed by atoms with Crippen molar-refractivity contribution < 1.29 is 28.7 Å². The number of carbonyl (C=O) groups is 4. The predicted octanol–water partition coefficient (Wildman–Crippen LogP) is 2.08. The fraction of sp³-hybridized carbons (Fsp3) is 0.545. The number of hydrogen-bond acceptors (Lipinski definition) is 6. The maximum atomic E-state index is 12.6. The van der Waals surface area contributed by atoms with Crippen LogP contribution in [0.1, 0.15) is 44.0 Å². The van der Waals surface area contributed by atoms with E-state index in [2.05, 4.69) is 0 Å². The molecule has 0 bridgehead atoms. The van der Waals surface area contributed by atoms with Gasteiger partial charge < -0.3 is 24.2 Å². The first-order valence-electron chi connectivity index (χ1n) is 10.4. The maximum absolute atomic E-state index is 12.6. The van der Waals surface area contributed by atoms with E-state index in [1.165, 1.54) is 4.90 Å². The molecule has 3 amide bonds. The highest BCUT2D eigenvalue weighted by Gasteiger charge is 2.28. The summed E-state index contributed by atoms with van der Waals surface area (Å²) in [4.78, 5) is 53.8. The molecule has 1 aromatic carbocycles. The number of nitrogens with zero attached hydrogens (tertiary/aromatic N) is 3. The Bertz CT molecular complexity index is 884. The van der Waals surface area contributed by atoms with E-state index in [4.69, 9.17) is 9.47 Å². The summed E-state index contributed by atoms with van der Waals surface area (Å²) in [6.07, 6.45) is -0.217. The van der Waals surface area contributed by atoms with Crippen molar-refractivity contribution in [3.8, 4) is 5.75 Å². The maximum Gasteiger partial charge on any atom is 0.410 e. The minimum absolute atomic E-state index is 0.0213. The molecule has 0 aliphatic carbocycles. The molecule has 3 rings (SSSR count). The first-order valence-corrected chi connectivity index (χ1v) is 10.4. The number of fused-ring (bicyclic) bond motifs is 1. The van der Waals surface area contributed by atoms with Crippen LogP contribution >= 0.6 is 0 Å². The third-order valence-corrected chi connectivity index (χ3v) is 5.22. The zero-order valence-electron chi connectivity index (χ0n) is 18.5. The van der Waals surface area contributed by atoms with Crippen LogP contribution in [0.3, 0.4) is 0 Å². The van der Waals surface area contributed by atoms with E-state index in [9.17, 15) is 19.2 Å². The van der Waals surface area contributed by atoms with Crippen molar-refractivity contribution in [2.75, 3.05) is 44.7 Å². The van der Waals surface area contributed by atoms with Gasteiger partial charge in [0.2, 0.25) is 5.91 Å². The second kappa shape index (κ2) is 8.95. The van der Waals surface area contributed by atoms with Crippen LogP contribution in [0.2, 0.25) is 0 Å². The fourth-order valence-corrected chi connectivity index (χ4v) is 3.43. The van der Waals surface area contributed by atoms with E-state index in [0.29, 0.717) is 43.2 Å². The summed E-state index contributed by atoms with van der Waals surface area (Å²) >= 11 is 0. The Kier molecular flexibility index (Phi) is 6.52. The van der Waals surface area contributed by atoms with E-state index in [1.807, 2.05) is 20.8 Å². The third-order valence-electron chi connectivity index (χ3n) is 5.22. The van der Waals surface area contributed by atoms with Gasteiger partial charge in [-0.1, -0.05) is 0 Å². The topological polar surface area (TPSA) is 96.5 Å². The molecule has 0 aromatic heterocycles. The summed E-state index contributed by atoms with van der Waals surface area (Å²) in [5.41, 5.74) is 0.424. The number of carbonyl (C=O) groups excluding carboxylic acids is 4. The summed E-state index contributed by atoms with van der Waals surface area (Å²) in [6, 6.07) is 4.94. The van der Waals surface area contributed by atoms with Gasteiger partial charge in [0.05, 0.1) is 5.69 Å². The van der Waals surface area contributed by atoms with Crippen molar-refractivity contribution in [2.45, 2.75) is 39.2 Å². The van der Waals surface area contributed by atoms with Gasteiger partial charge in [0, 0.05) is 51.6 Å². The van der Waals surface area contributed by atoms with Crippen LogP contribution in [0, 0.1) is 0 Å². The molecular weight excluding hydrogens is 402 g/mol. The summed E-state index contributed by atoms with van der Waals surface area (Å²) in [7, 11) is 1.64. The molecule has 2 heterocycles. The Morgan fingerprint density at radius 3 is 2.32 bits per heavy atom. The van der Waals surface area contributed by atoms with E-state index < -0.39 is 5.60 Å². The van der Waals surface area contributed by atoms with Gasteiger partial charge in [0.1, 0.15) is 11.4 Å². The van der Waals surface area contributed by atoms with Gasteiger partial charge in [0.25, 0.3) is 5.91 Å². The number of amides is 3. The molecular formula is C22H29N3O6. The summed E-state index contributed by atoms with van der Waals surface area (Å²) in [5.74, 6) is 0.0797. The molecule has 1 fully saturated rings. The van der Waals surface area contributed by atoms with Gasteiger partial charge in [-0.2, -0.15) is 0 Å². The molecule has 0 spiro atoms. The second-order valence-electron chi connectivity index (χ2n) is 8.70. The van der Waals surface area contributed by atoms with Gasteiger partial charge in [-0.3, -0.25) is 14.4 Å². The lowest BCUT2D eigenvalue weighted by Crippen LogP contribution is -2.51. The molecule has 0 radical (unpaired) electrons. The van der Waals surface area contributed by atoms with Gasteiger partial charge in [0.15, 0.2) is 12.4 Å². The summed E-state index contributed by atoms with van der Waals surface area (Å²) < 4.78 is 10.7. The van der Waals surface area contributed by atoms with Gasteiger partial charge in [-0.05, 0) is 39.0 Å². The lowest BCUT2D eigenvalue weighted by Gasteiger charge is -2.35. The van der Waals surface area contributed by atoms with Crippen LogP contribution in [-0.4, -0.2) is 78.9 Å². The van der Waals surface area contributed by atoms with Crippen molar-refractivity contribution in [2.24, 2.45) is 0 Å². The average molecular weight is 431 g/mol. The number of likely N-dealkylation sites (N-methyl/N-ethyl adjacent to an activating group) is 1. The highest BCUT2D eigenvalue weighted by molar-refractivity contribution is 6.02. The summed E-state index contributed by atoms with van der Waals surface area (Å²) in [6.45, 7) is 7.05. The van der Waals surface area contributed by atoms with E-state index in [1.54, 1.807) is 35.0 Å². The van der Waals surface area contributed by atoms with E-state index in [-0.39, 0.29) is 43.1 Å². The van der Waals surface area contributed by atoms with Crippen molar-refractivity contribution in [1.29, 1.82) is 0 Å². The molecule has 1 saturated heterocycles. The Balaban J connectivity index is 1.50. The molecule has 2 aliphatic rings. The monoisotopic (exact) mass is 431 g/mol. The lowest BCUT2D eigenvalue weighted by molar-refractivity contribution is -0.132. The standard InChI is InChI=1S/C22H29N3O6/c1-22(2,3)31-21(29)25-11-9-24(10-12-25)19(27)8-6-17(26)15-5-7-18-16(13-15)23(4)20(28)14-30-18/h5,7,13H,6,8-12,14H2,1-4H3. The number of rotatable bonds is 4. The number of ether oxygens (including phenoxy) is 2.